The first-order valence-electron chi connectivity index (χ1n) is 5.31. The molecule has 1 N–H and O–H groups in total. The van der Waals surface area contributed by atoms with Gasteiger partial charge in [0.15, 0.2) is 11.6 Å². The highest BCUT2D eigenvalue weighted by molar-refractivity contribution is 5.67. The van der Waals surface area contributed by atoms with Crippen LogP contribution >= 0.6 is 0 Å². The zero-order chi connectivity index (χ0) is 12.3. The molecule has 0 spiro atoms. The zero-order valence-electron chi connectivity index (χ0n) is 9.79. The van der Waals surface area contributed by atoms with Crippen molar-refractivity contribution in [2.45, 2.75) is 6.54 Å². The third-order valence-corrected chi connectivity index (χ3v) is 2.56. The summed E-state index contributed by atoms with van der Waals surface area (Å²) in [6.07, 6.45) is 1.56. The minimum Gasteiger partial charge on any atom is -0.494 e. The molecule has 4 heteroatoms. The molecule has 0 aliphatic carbocycles. The quantitative estimate of drug-likeness (QED) is 0.884. The van der Waals surface area contributed by atoms with Crippen LogP contribution in [-0.4, -0.2) is 14.2 Å². The lowest BCUT2D eigenvalue weighted by Gasteiger charge is -2.07. The van der Waals surface area contributed by atoms with Gasteiger partial charge in [-0.3, -0.25) is 0 Å². The molecule has 0 aliphatic heterocycles. The Morgan fingerprint density at radius 1 is 1.29 bits per heavy atom. The Kier molecular flexibility index (Phi) is 3.44. The van der Waals surface area contributed by atoms with Crippen molar-refractivity contribution in [1.82, 2.24) is 5.32 Å². The van der Waals surface area contributed by atoms with Crippen LogP contribution in [0.4, 0.5) is 4.39 Å². The maximum Gasteiger partial charge on any atom is 0.172 e. The molecule has 2 aromatic rings. The molecule has 0 bridgehead atoms. The lowest BCUT2D eigenvalue weighted by molar-refractivity contribution is 0.387. The lowest BCUT2D eigenvalue weighted by atomic mass is 10.1. The summed E-state index contributed by atoms with van der Waals surface area (Å²) in [6.45, 7) is 0.555. The molecule has 1 aromatic carbocycles. The topological polar surface area (TPSA) is 34.4 Å². The molecule has 0 amide bonds. The number of benzene rings is 1. The Morgan fingerprint density at radius 2 is 2.12 bits per heavy atom. The predicted octanol–water partition coefficient (Wildman–Crippen LogP) is 2.81. The molecule has 0 radical (unpaired) electrons. The number of furan rings is 1. The smallest absolute Gasteiger partial charge is 0.172 e. The first kappa shape index (κ1) is 11.7. The second kappa shape index (κ2) is 5.01. The first-order valence-corrected chi connectivity index (χ1v) is 5.31. The molecule has 0 saturated carbocycles. The van der Waals surface area contributed by atoms with E-state index in [4.69, 9.17) is 9.15 Å². The van der Waals surface area contributed by atoms with Crippen molar-refractivity contribution in [1.29, 1.82) is 0 Å². The highest BCUT2D eigenvalue weighted by Gasteiger charge is 2.15. The third-order valence-electron chi connectivity index (χ3n) is 2.56. The maximum atomic E-state index is 14.1. The number of nitrogens with one attached hydrogen (secondary N) is 1. The van der Waals surface area contributed by atoms with Gasteiger partial charge in [-0.15, -0.1) is 0 Å². The second-order valence-electron chi connectivity index (χ2n) is 3.61. The Bertz CT molecular complexity index is 508. The zero-order valence-corrected chi connectivity index (χ0v) is 9.79. The van der Waals surface area contributed by atoms with Crippen molar-refractivity contribution in [3.05, 3.63) is 42.1 Å². The predicted molar refractivity (Wildman–Crippen MR) is 63.4 cm³/mol. The van der Waals surface area contributed by atoms with Gasteiger partial charge in [-0.25, -0.2) is 4.39 Å². The third kappa shape index (κ3) is 2.17. The number of hydrogen-bond acceptors (Lipinski definition) is 3. The van der Waals surface area contributed by atoms with Crippen LogP contribution in [0.3, 0.4) is 0 Å². The van der Waals surface area contributed by atoms with Crippen molar-refractivity contribution < 1.29 is 13.5 Å². The Hall–Kier alpha value is -1.81. The lowest BCUT2D eigenvalue weighted by Crippen LogP contribution is -2.05. The average molecular weight is 235 g/mol. The molecule has 17 heavy (non-hydrogen) atoms. The molecule has 0 saturated heterocycles. The maximum absolute atomic E-state index is 14.1. The first-order chi connectivity index (χ1) is 8.27. The van der Waals surface area contributed by atoms with Crippen molar-refractivity contribution >= 4 is 0 Å². The van der Waals surface area contributed by atoms with Gasteiger partial charge in [0.2, 0.25) is 0 Å². The molecular weight excluding hydrogens is 221 g/mol. The van der Waals surface area contributed by atoms with Gasteiger partial charge in [0.05, 0.1) is 19.9 Å². The van der Waals surface area contributed by atoms with Gasteiger partial charge >= 0.3 is 0 Å². The van der Waals surface area contributed by atoms with E-state index in [0.29, 0.717) is 17.9 Å². The van der Waals surface area contributed by atoms with Crippen LogP contribution in [0.15, 0.2) is 34.9 Å². The number of halogens is 1. The van der Waals surface area contributed by atoms with E-state index >= 15 is 0 Å². The van der Waals surface area contributed by atoms with Crippen molar-refractivity contribution in [2.75, 3.05) is 14.2 Å². The van der Waals surface area contributed by atoms with Gasteiger partial charge < -0.3 is 14.5 Å². The Labute approximate surface area is 99.2 Å². The fourth-order valence-corrected chi connectivity index (χ4v) is 1.75. The molecule has 0 fully saturated rings. The van der Waals surface area contributed by atoms with Crippen LogP contribution < -0.4 is 10.1 Å². The summed E-state index contributed by atoms with van der Waals surface area (Å²) in [5, 5.41) is 2.98. The minimum atomic E-state index is -0.367. The van der Waals surface area contributed by atoms with Crippen LogP contribution in [0, 0.1) is 5.82 Å². The standard InChI is InChI=1S/C13H14FNO2/c1-15-8-12-9(6-7-17-12)10-4-3-5-11(16-2)13(10)14/h3-7,15H,8H2,1-2H3. The molecule has 1 heterocycles. The average Bonchev–Trinajstić information content (AvgIpc) is 2.78. The molecule has 0 aliphatic rings. The Morgan fingerprint density at radius 3 is 2.82 bits per heavy atom. The fourth-order valence-electron chi connectivity index (χ4n) is 1.75. The van der Waals surface area contributed by atoms with Crippen molar-refractivity contribution in [3.63, 3.8) is 0 Å². The molecule has 0 unspecified atom stereocenters. The van der Waals surface area contributed by atoms with E-state index in [9.17, 15) is 4.39 Å². The summed E-state index contributed by atoms with van der Waals surface area (Å²) in [5.41, 5.74) is 1.24. The molecule has 0 atom stereocenters. The molecule has 90 valence electrons. The highest BCUT2D eigenvalue weighted by Crippen LogP contribution is 2.31. The summed E-state index contributed by atoms with van der Waals surface area (Å²) >= 11 is 0. The molecule has 3 nitrogen and oxygen atoms in total. The van der Waals surface area contributed by atoms with E-state index in [1.807, 2.05) is 7.05 Å². The van der Waals surface area contributed by atoms with Gasteiger partial charge in [0, 0.05) is 11.1 Å². The van der Waals surface area contributed by atoms with Crippen LogP contribution in [0.1, 0.15) is 5.76 Å². The van der Waals surface area contributed by atoms with Gasteiger partial charge in [0.25, 0.3) is 0 Å². The monoisotopic (exact) mass is 235 g/mol. The molecule has 2 rings (SSSR count). The van der Waals surface area contributed by atoms with Crippen LogP contribution in [0.5, 0.6) is 5.75 Å². The Balaban J connectivity index is 2.49. The summed E-state index contributed by atoms with van der Waals surface area (Å²) < 4.78 is 24.3. The fraction of sp³-hybridized carbons (Fsp3) is 0.231. The second-order valence-corrected chi connectivity index (χ2v) is 3.61. The normalized spacial score (nSPS) is 10.5. The van der Waals surface area contributed by atoms with E-state index in [0.717, 1.165) is 5.56 Å². The van der Waals surface area contributed by atoms with E-state index in [1.165, 1.54) is 7.11 Å². The van der Waals surface area contributed by atoms with Crippen LogP contribution in [0.25, 0.3) is 11.1 Å². The molecular formula is C13H14FNO2. The van der Waals surface area contributed by atoms with E-state index in [2.05, 4.69) is 5.32 Å². The number of methoxy groups -OCH3 is 1. The van der Waals surface area contributed by atoms with Crippen molar-refractivity contribution in [2.24, 2.45) is 0 Å². The number of rotatable bonds is 4. The number of hydrogen-bond donors (Lipinski definition) is 1. The molecule has 1 aromatic heterocycles. The van der Waals surface area contributed by atoms with Crippen LogP contribution in [0.2, 0.25) is 0 Å². The van der Waals surface area contributed by atoms with E-state index < -0.39 is 0 Å². The van der Waals surface area contributed by atoms with Crippen molar-refractivity contribution in [3.8, 4) is 16.9 Å². The van der Waals surface area contributed by atoms with E-state index in [-0.39, 0.29) is 11.6 Å². The van der Waals surface area contributed by atoms with E-state index in [1.54, 1.807) is 30.5 Å². The van der Waals surface area contributed by atoms with Gasteiger partial charge in [0.1, 0.15) is 5.76 Å². The summed E-state index contributed by atoms with van der Waals surface area (Å²) in [7, 11) is 3.26. The summed E-state index contributed by atoms with van der Waals surface area (Å²) in [4.78, 5) is 0. The minimum absolute atomic E-state index is 0.235. The van der Waals surface area contributed by atoms with Crippen LogP contribution in [-0.2, 0) is 6.54 Å². The number of ether oxygens (including phenoxy) is 1. The van der Waals surface area contributed by atoms with Gasteiger partial charge in [-0.1, -0.05) is 12.1 Å². The largest absolute Gasteiger partial charge is 0.494 e. The van der Waals surface area contributed by atoms with Gasteiger partial charge in [-0.2, -0.15) is 0 Å². The summed E-state index contributed by atoms with van der Waals surface area (Å²) in [5.74, 6) is 0.576. The SMILES string of the molecule is CNCc1occc1-c1cccc(OC)c1F. The van der Waals surface area contributed by atoms with Gasteiger partial charge in [-0.05, 0) is 19.2 Å². The highest BCUT2D eigenvalue weighted by atomic mass is 19.1. The summed E-state index contributed by atoms with van der Waals surface area (Å²) in [6, 6.07) is 6.82.